The van der Waals surface area contributed by atoms with Crippen molar-refractivity contribution in [3.05, 3.63) is 29.3 Å². The van der Waals surface area contributed by atoms with Gasteiger partial charge in [-0.2, -0.15) is 0 Å². The van der Waals surface area contributed by atoms with Crippen molar-refractivity contribution in [1.29, 1.82) is 0 Å². The summed E-state index contributed by atoms with van der Waals surface area (Å²) in [6, 6.07) is 6.91. The third-order valence-electron chi connectivity index (χ3n) is 2.15. The van der Waals surface area contributed by atoms with Crippen LogP contribution >= 0.6 is 11.6 Å². The van der Waals surface area contributed by atoms with Crippen molar-refractivity contribution in [2.45, 2.75) is 6.29 Å². The van der Waals surface area contributed by atoms with Crippen molar-refractivity contribution in [3.63, 3.8) is 0 Å². The van der Waals surface area contributed by atoms with E-state index >= 15 is 0 Å². The average molecular weight is 258 g/mol. The molecule has 0 aliphatic carbocycles. The Morgan fingerprint density at radius 2 is 2.12 bits per heavy atom. The van der Waals surface area contributed by atoms with E-state index in [0.717, 1.165) is 0 Å². The number of benzene rings is 1. The molecule has 0 saturated carbocycles. The second-order valence-electron chi connectivity index (χ2n) is 3.37. The Balaban J connectivity index is 1.79. The summed E-state index contributed by atoms with van der Waals surface area (Å²) in [5, 5.41) is 2.99. The van der Waals surface area contributed by atoms with E-state index in [1.807, 2.05) is 0 Å². The first-order chi connectivity index (χ1) is 8.25. The van der Waals surface area contributed by atoms with Crippen LogP contribution in [0.4, 0.5) is 10.5 Å². The number of para-hydroxylation sites is 1. The van der Waals surface area contributed by atoms with Gasteiger partial charge in [0.15, 0.2) is 6.29 Å². The number of carbonyl (C=O) groups is 1. The SMILES string of the molecule is O=C(Nc1ccccc1Cl)OCC1OCCO1. The molecule has 1 fully saturated rings. The predicted octanol–water partition coefficient (Wildman–Crippen LogP) is 2.26. The van der Waals surface area contributed by atoms with Crippen molar-refractivity contribution >= 4 is 23.4 Å². The van der Waals surface area contributed by atoms with Crippen LogP contribution in [-0.2, 0) is 14.2 Å². The van der Waals surface area contributed by atoms with E-state index in [4.69, 9.17) is 25.8 Å². The maximum absolute atomic E-state index is 11.4. The normalized spacial score (nSPS) is 15.8. The molecule has 1 heterocycles. The van der Waals surface area contributed by atoms with E-state index < -0.39 is 12.4 Å². The number of carbonyl (C=O) groups excluding carboxylic acids is 1. The lowest BCUT2D eigenvalue weighted by atomic mass is 10.3. The summed E-state index contributed by atoms with van der Waals surface area (Å²) in [5.74, 6) is 0. The molecule has 1 N–H and O–H groups in total. The van der Waals surface area contributed by atoms with Crippen molar-refractivity contribution in [3.8, 4) is 0 Å². The topological polar surface area (TPSA) is 56.8 Å². The minimum atomic E-state index is -0.586. The van der Waals surface area contributed by atoms with Gasteiger partial charge in [0.25, 0.3) is 0 Å². The Morgan fingerprint density at radius 3 is 2.82 bits per heavy atom. The third-order valence-corrected chi connectivity index (χ3v) is 2.48. The van der Waals surface area contributed by atoms with E-state index in [2.05, 4.69) is 5.32 Å². The maximum Gasteiger partial charge on any atom is 0.411 e. The summed E-state index contributed by atoms with van der Waals surface area (Å²) >= 11 is 5.88. The number of hydrogen-bond donors (Lipinski definition) is 1. The van der Waals surface area contributed by atoms with Crippen LogP contribution in [0.1, 0.15) is 0 Å². The van der Waals surface area contributed by atoms with Gasteiger partial charge in [-0.1, -0.05) is 23.7 Å². The van der Waals surface area contributed by atoms with Gasteiger partial charge in [-0.15, -0.1) is 0 Å². The molecule has 1 aliphatic heterocycles. The van der Waals surface area contributed by atoms with Gasteiger partial charge in [-0.05, 0) is 12.1 Å². The minimum absolute atomic E-state index is 0.0658. The van der Waals surface area contributed by atoms with Gasteiger partial charge in [0.05, 0.1) is 23.9 Å². The number of hydrogen-bond acceptors (Lipinski definition) is 4. The molecule has 1 amide bonds. The molecule has 2 rings (SSSR count). The molecule has 0 bridgehead atoms. The number of amides is 1. The van der Waals surface area contributed by atoms with Crippen molar-refractivity contribution in [2.24, 2.45) is 0 Å². The summed E-state index contributed by atoms with van der Waals surface area (Å²) in [6.07, 6.45) is -1.05. The molecule has 17 heavy (non-hydrogen) atoms. The first-order valence-corrected chi connectivity index (χ1v) is 5.55. The molecule has 0 spiro atoms. The van der Waals surface area contributed by atoms with Gasteiger partial charge in [-0.25, -0.2) is 4.79 Å². The van der Waals surface area contributed by atoms with Crippen LogP contribution in [0.2, 0.25) is 5.02 Å². The minimum Gasteiger partial charge on any atom is -0.444 e. The molecular formula is C11H12ClNO4. The summed E-state index contributed by atoms with van der Waals surface area (Å²) in [5.41, 5.74) is 0.507. The lowest BCUT2D eigenvalue weighted by Gasteiger charge is -2.11. The molecule has 6 heteroatoms. The quantitative estimate of drug-likeness (QED) is 0.902. The van der Waals surface area contributed by atoms with Crippen molar-refractivity contribution < 1.29 is 19.0 Å². The molecule has 0 atom stereocenters. The maximum atomic E-state index is 11.4. The monoisotopic (exact) mass is 257 g/mol. The number of rotatable bonds is 3. The average Bonchev–Trinajstić information content (AvgIpc) is 2.82. The van der Waals surface area contributed by atoms with Crippen LogP contribution in [0.5, 0.6) is 0 Å². The third kappa shape index (κ3) is 3.59. The van der Waals surface area contributed by atoms with E-state index in [9.17, 15) is 4.79 Å². The van der Waals surface area contributed by atoms with Crippen LogP contribution in [0.25, 0.3) is 0 Å². The van der Waals surface area contributed by atoms with Crippen LogP contribution in [0.15, 0.2) is 24.3 Å². The second-order valence-corrected chi connectivity index (χ2v) is 3.78. The van der Waals surface area contributed by atoms with Gasteiger partial charge < -0.3 is 14.2 Å². The summed E-state index contributed by atoms with van der Waals surface area (Å²) in [7, 11) is 0. The fraction of sp³-hybridized carbons (Fsp3) is 0.364. The number of anilines is 1. The Bertz CT molecular complexity index is 393. The predicted molar refractivity (Wildman–Crippen MR) is 62.1 cm³/mol. The number of ether oxygens (including phenoxy) is 3. The highest BCUT2D eigenvalue weighted by Crippen LogP contribution is 2.20. The zero-order valence-electron chi connectivity index (χ0n) is 9.02. The number of halogens is 1. The first-order valence-electron chi connectivity index (χ1n) is 5.17. The van der Waals surface area contributed by atoms with Crippen LogP contribution < -0.4 is 5.32 Å². The molecule has 1 aromatic carbocycles. The molecule has 5 nitrogen and oxygen atoms in total. The Morgan fingerprint density at radius 1 is 1.41 bits per heavy atom. The van der Waals surface area contributed by atoms with Crippen LogP contribution in [-0.4, -0.2) is 32.2 Å². The van der Waals surface area contributed by atoms with Crippen LogP contribution in [0.3, 0.4) is 0 Å². The van der Waals surface area contributed by atoms with Gasteiger partial charge in [-0.3, -0.25) is 5.32 Å². The fourth-order valence-corrected chi connectivity index (χ4v) is 1.54. The molecule has 0 aromatic heterocycles. The standard InChI is InChI=1S/C11H12ClNO4/c12-8-3-1-2-4-9(8)13-11(14)17-7-10-15-5-6-16-10/h1-4,10H,5-7H2,(H,13,14). The first kappa shape index (κ1) is 12.2. The Kier molecular flexibility index (Phi) is 4.19. The van der Waals surface area contributed by atoms with Crippen molar-refractivity contribution in [1.82, 2.24) is 0 Å². The molecule has 1 aromatic rings. The highest BCUT2D eigenvalue weighted by Gasteiger charge is 2.18. The van der Waals surface area contributed by atoms with E-state index in [1.54, 1.807) is 24.3 Å². The molecule has 92 valence electrons. The van der Waals surface area contributed by atoms with E-state index in [-0.39, 0.29) is 6.61 Å². The van der Waals surface area contributed by atoms with E-state index in [0.29, 0.717) is 23.9 Å². The highest BCUT2D eigenvalue weighted by atomic mass is 35.5. The summed E-state index contributed by atoms with van der Waals surface area (Å²) < 4.78 is 15.2. The van der Waals surface area contributed by atoms with Gasteiger partial charge in [0, 0.05) is 0 Å². The summed E-state index contributed by atoms with van der Waals surface area (Å²) in [4.78, 5) is 11.4. The van der Waals surface area contributed by atoms with Crippen LogP contribution in [0, 0.1) is 0 Å². The number of nitrogens with one attached hydrogen (secondary N) is 1. The molecule has 0 radical (unpaired) electrons. The lowest BCUT2D eigenvalue weighted by molar-refractivity contribution is -0.0759. The Labute approximate surface area is 104 Å². The van der Waals surface area contributed by atoms with Gasteiger partial charge in [0.1, 0.15) is 6.61 Å². The van der Waals surface area contributed by atoms with E-state index in [1.165, 1.54) is 0 Å². The van der Waals surface area contributed by atoms with Crippen molar-refractivity contribution in [2.75, 3.05) is 25.1 Å². The Hall–Kier alpha value is -1.30. The van der Waals surface area contributed by atoms with Gasteiger partial charge in [0.2, 0.25) is 0 Å². The zero-order valence-corrected chi connectivity index (χ0v) is 9.77. The smallest absolute Gasteiger partial charge is 0.411 e. The molecule has 0 unspecified atom stereocenters. The summed E-state index contributed by atoms with van der Waals surface area (Å²) in [6.45, 7) is 1.12. The molecular weight excluding hydrogens is 246 g/mol. The lowest BCUT2D eigenvalue weighted by Crippen LogP contribution is -2.22. The highest BCUT2D eigenvalue weighted by molar-refractivity contribution is 6.33. The fourth-order valence-electron chi connectivity index (χ4n) is 1.36. The zero-order chi connectivity index (χ0) is 12.1. The largest absolute Gasteiger partial charge is 0.444 e. The molecule has 1 saturated heterocycles. The second kappa shape index (κ2) is 5.86. The van der Waals surface area contributed by atoms with Gasteiger partial charge >= 0.3 is 6.09 Å². The molecule has 1 aliphatic rings.